The number of ether oxygens (including phenoxy) is 1. The first-order valence-corrected chi connectivity index (χ1v) is 7.91. The molecule has 0 aliphatic rings. The number of nitrogens with one attached hydrogen (secondary N) is 1. The van der Waals surface area contributed by atoms with Gasteiger partial charge >= 0.3 is 0 Å². The predicted molar refractivity (Wildman–Crippen MR) is 75.1 cm³/mol. The van der Waals surface area contributed by atoms with Crippen LogP contribution in [0, 0.1) is 0 Å². The summed E-state index contributed by atoms with van der Waals surface area (Å²) in [5, 5.41) is 8.03. The largest absolute Gasteiger partial charge is 0.496 e. The smallest absolute Gasteiger partial charge is 0.210 e. The van der Waals surface area contributed by atoms with Crippen LogP contribution in [0.1, 0.15) is 18.5 Å². The molecule has 0 spiro atoms. The van der Waals surface area contributed by atoms with Crippen LogP contribution in [0.15, 0.2) is 22.7 Å². The Bertz CT molecular complexity index is 505. The molecule has 1 unspecified atom stereocenters. The zero-order valence-electron chi connectivity index (χ0n) is 10.3. The van der Waals surface area contributed by atoms with Crippen LogP contribution in [0.25, 0.3) is 0 Å². The fourth-order valence-electron chi connectivity index (χ4n) is 1.49. The monoisotopic (exact) mass is 336 g/mol. The van der Waals surface area contributed by atoms with E-state index in [4.69, 9.17) is 9.88 Å². The molecule has 0 radical (unpaired) electrons. The van der Waals surface area contributed by atoms with Crippen LogP contribution < -0.4 is 15.2 Å². The Balaban J connectivity index is 2.62. The Morgan fingerprint density at radius 2 is 2.17 bits per heavy atom. The number of halogens is 1. The molecule has 0 saturated heterocycles. The van der Waals surface area contributed by atoms with Gasteiger partial charge in [0.05, 0.1) is 17.3 Å². The second-order valence-corrected chi connectivity index (χ2v) is 6.53. The van der Waals surface area contributed by atoms with E-state index >= 15 is 0 Å². The second kappa shape index (κ2) is 6.51. The maximum atomic E-state index is 10.8. The van der Waals surface area contributed by atoms with E-state index in [9.17, 15) is 8.42 Å². The van der Waals surface area contributed by atoms with E-state index in [2.05, 4.69) is 21.2 Å². The predicted octanol–water partition coefficient (Wildman–Crippen LogP) is 1.40. The third-order valence-corrected chi connectivity index (χ3v) is 3.91. The van der Waals surface area contributed by atoms with E-state index in [0.29, 0.717) is 6.54 Å². The summed E-state index contributed by atoms with van der Waals surface area (Å²) in [4.78, 5) is 0. The van der Waals surface area contributed by atoms with Crippen molar-refractivity contribution in [1.29, 1.82) is 0 Å². The summed E-state index contributed by atoms with van der Waals surface area (Å²) in [5.41, 5.74) is 1.04. The lowest BCUT2D eigenvalue weighted by molar-refractivity contribution is 0.411. The Kier molecular flexibility index (Phi) is 5.58. The molecule has 1 rings (SSSR count). The van der Waals surface area contributed by atoms with Crippen molar-refractivity contribution in [3.8, 4) is 5.75 Å². The van der Waals surface area contributed by atoms with Crippen LogP contribution in [0.4, 0.5) is 0 Å². The fourth-order valence-corrected chi connectivity index (χ4v) is 2.45. The summed E-state index contributed by atoms with van der Waals surface area (Å²) >= 11 is 3.41. The molecule has 3 N–H and O–H groups in total. The standard InChI is InChI=1S/C11H17BrN2O3S/c1-8(14-5-6-18(13,15)16)9-3-4-11(17-2)10(12)7-9/h3-4,7-8,14H,5-6H2,1-2H3,(H2,13,15,16). The van der Waals surface area contributed by atoms with Gasteiger partial charge in [0.1, 0.15) is 5.75 Å². The topological polar surface area (TPSA) is 81.4 Å². The molecule has 1 aromatic carbocycles. The zero-order chi connectivity index (χ0) is 13.8. The molecule has 102 valence electrons. The number of sulfonamides is 1. The number of primary sulfonamides is 1. The van der Waals surface area contributed by atoms with E-state index in [1.165, 1.54) is 0 Å². The quantitative estimate of drug-likeness (QED) is 0.822. The van der Waals surface area contributed by atoms with Crippen LogP contribution in [0.2, 0.25) is 0 Å². The van der Waals surface area contributed by atoms with Crippen LogP contribution in [-0.4, -0.2) is 27.8 Å². The van der Waals surface area contributed by atoms with Crippen molar-refractivity contribution in [2.75, 3.05) is 19.4 Å². The number of hydrogen-bond acceptors (Lipinski definition) is 4. The number of benzene rings is 1. The third kappa shape index (κ3) is 4.93. The van der Waals surface area contributed by atoms with E-state index in [1.54, 1.807) is 7.11 Å². The molecule has 18 heavy (non-hydrogen) atoms. The zero-order valence-corrected chi connectivity index (χ0v) is 12.7. The number of hydrogen-bond donors (Lipinski definition) is 2. The molecule has 0 heterocycles. The number of rotatable bonds is 6. The lowest BCUT2D eigenvalue weighted by Crippen LogP contribution is -2.28. The molecule has 0 aliphatic carbocycles. The van der Waals surface area contributed by atoms with Gasteiger partial charge in [-0.3, -0.25) is 0 Å². The Labute approximate surface area is 116 Å². The van der Waals surface area contributed by atoms with Gasteiger partial charge in [-0.25, -0.2) is 13.6 Å². The fraction of sp³-hybridized carbons (Fsp3) is 0.455. The molecule has 7 heteroatoms. The molecule has 0 saturated carbocycles. The molecule has 0 fully saturated rings. The van der Waals surface area contributed by atoms with Gasteiger partial charge in [-0.05, 0) is 40.5 Å². The Hall–Kier alpha value is -0.630. The van der Waals surface area contributed by atoms with Crippen molar-refractivity contribution >= 4 is 26.0 Å². The summed E-state index contributed by atoms with van der Waals surface area (Å²) in [6.07, 6.45) is 0. The van der Waals surface area contributed by atoms with Gasteiger partial charge in [0.2, 0.25) is 10.0 Å². The average Bonchev–Trinajstić information content (AvgIpc) is 2.27. The van der Waals surface area contributed by atoms with Crippen molar-refractivity contribution in [3.05, 3.63) is 28.2 Å². The van der Waals surface area contributed by atoms with Gasteiger partial charge in [-0.1, -0.05) is 6.07 Å². The van der Waals surface area contributed by atoms with E-state index in [1.807, 2.05) is 25.1 Å². The first-order valence-electron chi connectivity index (χ1n) is 5.41. The SMILES string of the molecule is COc1ccc(C(C)NCCS(N)(=O)=O)cc1Br. The van der Waals surface area contributed by atoms with Crippen molar-refractivity contribution in [1.82, 2.24) is 5.32 Å². The van der Waals surface area contributed by atoms with Gasteiger partial charge in [0, 0.05) is 12.6 Å². The molecule has 0 aromatic heterocycles. The first kappa shape index (κ1) is 15.4. The highest BCUT2D eigenvalue weighted by molar-refractivity contribution is 9.10. The van der Waals surface area contributed by atoms with E-state index in [-0.39, 0.29) is 11.8 Å². The molecule has 1 aromatic rings. The Morgan fingerprint density at radius 3 is 2.67 bits per heavy atom. The lowest BCUT2D eigenvalue weighted by Gasteiger charge is -2.15. The van der Waals surface area contributed by atoms with Crippen molar-refractivity contribution < 1.29 is 13.2 Å². The molecule has 0 bridgehead atoms. The maximum absolute atomic E-state index is 10.8. The highest BCUT2D eigenvalue weighted by Gasteiger charge is 2.09. The molecule has 1 atom stereocenters. The van der Waals surface area contributed by atoms with E-state index in [0.717, 1.165) is 15.8 Å². The summed E-state index contributed by atoms with van der Waals surface area (Å²) < 4.78 is 27.6. The van der Waals surface area contributed by atoms with Crippen LogP contribution in [0.3, 0.4) is 0 Å². The van der Waals surface area contributed by atoms with Gasteiger partial charge in [-0.15, -0.1) is 0 Å². The van der Waals surface area contributed by atoms with Crippen LogP contribution in [-0.2, 0) is 10.0 Å². The molecular formula is C11H17BrN2O3S. The minimum atomic E-state index is -3.41. The number of methoxy groups -OCH3 is 1. The molecule has 0 amide bonds. The van der Waals surface area contributed by atoms with Gasteiger partial charge < -0.3 is 10.1 Å². The van der Waals surface area contributed by atoms with Crippen molar-refractivity contribution in [2.24, 2.45) is 5.14 Å². The molecule has 0 aliphatic heterocycles. The summed E-state index contributed by atoms with van der Waals surface area (Å²) in [5.74, 6) is 0.685. The minimum Gasteiger partial charge on any atom is -0.496 e. The lowest BCUT2D eigenvalue weighted by atomic mass is 10.1. The third-order valence-electron chi connectivity index (χ3n) is 2.51. The molecular weight excluding hydrogens is 320 g/mol. The normalized spacial score (nSPS) is 13.3. The molecule has 5 nitrogen and oxygen atoms in total. The highest BCUT2D eigenvalue weighted by atomic mass is 79.9. The number of nitrogens with two attached hydrogens (primary N) is 1. The highest BCUT2D eigenvalue weighted by Crippen LogP contribution is 2.27. The van der Waals surface area contributed by atoms with Crippen molar-refractivity contribution in [2.45, 2.75) is 13.0 Å². The van der Waals surface area contributed by atoms with E-state index < -0.39 is 10.0 Å². The van der Waals surface area contributed by atoms with Gasteiger partial charge in [0.15, 0.2) is 0 Å². The first-order chi connectivity index (χ1) is 8.33. The average molecular weight is 337 g/mol. The maximum Gasteiger partial charge on any atom is 0.210 e. The summed E-state index contributed by atoms with van der Waals surface area (Å²) in [6.45, 7) is 2.28. The van der Waals surface area contributed by atoms with Crippen LogP contribution in [0.5, 0.6) is 5.75 Å². The summed E-state index contributed by atoms with van der Waals surface area (Å²) in [7, 11) is -1.81. The van der Waals surface area contributed by atoms with Gasteiger partial charge in [0.25, 0.3) is 0 Å². The second-order valence-electron chi connectivity index (χ2n) is 3.94. The minimum absolute atomic E-state index is 0.0361. The van der Waals surface area contributed by atoms with Crippen LogP contribution >= 0.6 is 15.9 Å². The Morgan fingerprint density at radius 1 is 1.50 bits per heavy atom. The summed E-state index contributed by atoms with van der Waals surface area (Å²) in [6, 6.07) is 5.76. The van der Waals surface area contributed by atoms with Gasteiger partial charge in [-0.2, -0.15) is 0 Å². The van der Waals surface area contributed by atoms with Crippen molar-refractivity contribution in [3.63, 3.8) is 0 Å².